The molecule has 0 radical (unpaired) electrons. The highest BCUT2D eigenvalue weighted by Crippen LogP contribution is 2.25. The first-order chi connectivity index (χ1) is 12.6. The number of methoxy groups -OCH3 is 2. The minimum atomic E-state index is -0.651. The highest BCUT2D eigenvalue weighted by atomic mass is 19.1. The lowest BCUT2D eigenvalue weighted by molar-refractivity contribution is 0.276. The number of aryl methyl sites for hydroxylation is 1. The van der Waals surface area contributed by atoms with Gasteiger partial charge in [-0.15, -0.1) is 5.10 Å². The predicted octanol–water partition coefficient (Wildman–Crippen LogP) is 2.69. The molecular weight excluding hydrogens is 341 g/mol. The third-order valence-corrected chi connectivity index (χ3v) is 3.48. The Morgan fingerprint density at radius 1 is 1.12 bits per heavy atom. The van der Waals surface area contributed by atoms with Gasteiger partial charge in [0.1, 0.15) is 18.0 Å². The summed E-state index contributed by atoms with van der Waals surface area (Å²) in [6.45, 7) is 0.160. The van der Waals surface area contributed by atoms with Crippen molar-refractivity contribution in [2.24, 2.45) is 7.05 Å². The number of rotatable bonds is 7. The standard InChI is InChI=1S/C17H18FN5O3/c1-23-9-14(16(22-23)25-3)20-17-19-8-13(18)15(21-17)26-10-11-4-6-12(24-2)7-5-11/h4-9H,10H2,1-3H3,(H,19,20,21). The second-order valence-electron chi connectivity index (χ2n) is 5.33. The van der Waals surface area contributed by atoms with E-state index in [4.69, 9.17) is 14.2 Å². The van der Waals surface area contributed by atoms with Crippen LogP contribution in [0.2, 0.25) is 0 Å². The molecule has 0 atom stereocenters. The zero-order chi connectivity index (χ0) is 18.5. The van der Waals surface area contributed by atoms with Crippen LogP contribution in [0.15, 0.2) is 36.7 Å². The summed E-state index contributed by atoms with van der Waals surface area (Å²) in [4.78, 5) is 7.97. The first kappa shape index (κ1) is 17.5. The van der Waals surface area contributed by atoms with Gasteiger partial charge in [-0.1, -0.05) is 12.1 Å². The molecule has 0 unspecified atom stereocenters. The maximum absolute atomic E-state index is 13.9. The Labute approximate surface area is 149 Å². The van der Waals surface area contributed by atoms with Gasteiger partial charge in [-0.25, -0.2) is 4.98 Å². The van der Waals surface area contributed by atoms with Gasteiger partial charge in [0, 0.05) is 7.05 Å². The molecule has 26 heavy (non-hydrogen) atoms. The number of ether oxygens (including phenoxy) is 3. The van der Waals surface area contributed by atoms with E-state index in [1.165, 1.54) is 7.11 Å². The SMILES string of the molecule is COc1ccc(COc2nc(Nc3cn(C)nc3OC)ncc2F)cc1. The summed E-state index contributed by atoms with van der Waals surface area (Å²) in [7, 11) is 4.85. The van der Waals surface area contributed by atoms with Crippen molar-refractivity contribution in [2.45, 2.75) is 6.61 Å². The van der Waals surface area contributed by atoms with E-state index in [9.17, 15) is 4.39 Å². The Morgan fingerprint density at radius 3 is 2.58 bits per heavy atom. The van der Waals surface area contributed by atoms with Gasteiger partial charge in [0.25, 0.3) is 11.8 Å². The lowest BCUT2D eigenvalue weighted by Gasteiger charge is -2.09. The Morgan fingerprint density at radius 2 is 1.88 bits per heavy atom. The summed E-state index contributed by atoms with van der Waals surface area (Å²) in [5.74, 6) is 0.478. The van der Waals surface area contributed by atoms with E-state index >= 15 is 0 Å². The lowest BCUT2D eigenvalue weighted by Crippen LogP contribution is -2.04. The number of aromatic nitrogens is 4. The summed E-state index contributed by atoms with van der Waals surface area (Å²) in [5, 5.41) is 7.05. The molecule has 0 aliphatic heterocycles. The molecule has 0 saturated carbocycles. The summed E-state index contributed by atoms with van der Waals surface area (Å²) in [5.41, 5.74) is 1.41. The Balaban J connectivity index is 1.72. The van der Waals surface area contributed by atoms with Crippen LogP contribution < -0.4 is 19.5 Å². The monoisotopic (exact) mass is 359 g/mol. The van der Waals surface area contributed by atoms with Gasteiger partial charge in [0.05, 0.1) is 26.6 Å². The van der Waals surface area contributed by atoms with E-state index in [-0.39, 0.29) is 18.4 Å². The normalized spacial score (nSPS) is 10.5. The molecule has 2 heterocycles. The maximum Gasteiger partial charge on any atom is 0.256 e. The Kier molecular flexibility index (Phi) is 5.16. The highest BCUT2D eigenvalue weighted by molar-refractivity contribution is 5.58. The summed E-state index contributed by atoms with van der Waals surface area (Å²) < 4.78 is 31.2. The molecule has 0 aliphatic carbocycles. The molecule has 0 saturated heterocycles. The Bertz CT molecular complexity index is 883. The number of hydrogen-bond acceptors (Lipinski definition) is 7. The van der Waals surface area contributed by atoms with Crippen molar-refractivity contribution in [3.05, 3.63) is 48.0 Å². The fraction of sp³-hybridized carbons (Fsp3) is 0.235. The van der Waals surface area contributed by atoms with Crippen LogP contribution in [0.25, 0.3) is 0 Å². The van der Waals surface area contributed by atoms with E-state index in [0.29, 0.717) is 11.6 Å². The third-order valence-electron chi connectivity index (χ3n) is 3.48. The largest absolute Gasteiger partial charge is 0.497 e. The molecule has 3 aromatic rings. The van der Waals surface area contributed by atoms with Crippen LogP contribution in [0.1, 0.15) is 5.56 Å². The van der Waals surface area contributed by atoms with Crippen molar-refractivity contribution in [2.75, 3.05) is 19.5 Å². The molecule has 2 aromatic heterocycles. The average Bonchev–Trinajstić information content (AvgIpc) is 3.01. The highest BCUT2D eigenvalue weighted by Gasteiger charge is 2.13. The molecule has 0 spiro atoms. The molecule has 9 heteroatoms. The lowest BCUT2D eigenvalue weighted by atomic mass is 10.2. The van der Waals surface area contributed by atoms with Gasteiger partial charge in [0.15, 0.2) is 0 Å². The quantitative estimate of drug-likeness (QED) is 0.694. The molecule has 0 fully saturated rings. The second-order valence-corrected chi connectivity index (χ2v) is 5.33. The number of hydrogen-bond donors (Lipinski definition) is 1. The van der Waals surface area contributed by atoms with Gasteiger partial charge in [-0.05, 0) is 17.7 Å². The fourth-order valence-corrected chi connectivity index (χ4v) is 2.21. The van der Waals surface area contributed by atoms with Crippen LogP contribution in [0.3, 0.4) is 0 Å². The third kappa shape index (κ3) is 4.00. The van der Waals surface area contributed by atoms with Crippen molar-refractivity contribution in [1.82, 2.24) is 19.7 Å². The predicted molar refractivity (Wildman–Crippen MR) is 92.4 cm³/mol. The van der Waals surface area contributed by atoms with Crippen LogP contribution in [0, 0.1) is 5.82 Å². The van der Waals surface area contributed by atoms with E-state index in [1.807, 2.05) is 12.1 Å². The molecule has 3 rings (SSSR count). The van der Waals surface area contributed by atoms with E-state index in [2.05, 4.69) is 20.4 Å². The number of anilines is 2. The molecule has 1 N–H and O–H groups in total. The number of nitrogens with one attached hydrogen (secondary N) is 1. The Hall–Kier alpha value is -3.36. The van der Waals surface area contributed by atoms with Crippen molar-refractivity contribution in [1.29, 1.82) is 0 Å². The van der Waals surface area contributed by atoms with Crippen molar-refractivity contribution in [3.63, 3.8) is 0 Å². The minimum Gasteiger partial charge on any atom is -0.497 e. The van der Waals surface area contributed by atoms with Gasteiger partial charge < -0.3 is 19.5 Å². The summed E-state index contributed by atoms with van der Waals surface area (Å²) in [6.07, 6.45) is 2.74. The summed E-state index contributed by atoms with van der Waals surface area (Å²) in [6, 6.07) is 7.27. The molecule has 1 aromatic carbocycles. The molecule has 0 aliphatic rings. The number of nitrogens with zero attached hydrogens (tertiary/aromatic N) is 4. The number of halogens is 1. The molecular formula is C17H18FN5O3. The smallest absolute Gasteiger partial charge is 0.256 e. The first-order valence-electron chi connectivity index (χ1n) is 7.72. The molecule has 0 bridgehead atoms. The van der Waals surface area contributed by atoms with Crippen LogP contribution in [-0.2, 0) is 13.7 Å². The number of benzene rings is 1. The van der Waals surface area contributed by atoms with Crippen LogP contribution >= 0.6 is 0 Å². The van der Waals surface area contributed by atoms with E-state index < -0.39 is 5.82 Å². The first-order valence-corrected chi connectivity index (χ1v) is 7.72. The fourth-order valence-electron chi connectivity index (χ4n) is 2.21. The van der Waals surface area contributed by atoms with Crippen LogP contribution in [-0.4, -0.2) is 34.0 Å². The molecule has 136 valence electrons. The van der Waals surface area contributed by atoms with Crippen molar-refractivity contribution in [3.8, 4) is 17.5 Å². The van der Waals surface area contributed by atoms with Gasteiger partial charge in [-0.2, -0.15) is 9.37 Å². The van der Waals surface area contributed by atoms with Crippen LogP contribution in [0.4, 0.5) is 16.0 Å². The topological polar surface area (TPSA) is 83.3 Å². The summed E-state index contributed by atoms with van der Waals surface area (Å²) >= 11 is 0. The molecule has 8 nitrogen and oxygen atoms in total. The van der Waals surface area contributed by atoms with E-state index in [1.54, 1.807) is 37.2 Å². The van der Waals surface area contributed by atoms with Crippen molar-refractivity contribution >= 4 is 11.6 Å². The zero-order valence-electron chi connectivity index (χ0n) is 14.6. The van der Waals surface area contributed by atoms with E-state index in [0.717, 1.165) is 17.5 Å². The maximum atomic E-state index is 13.9. The minimum absolute atomic E-state index is 0.152. The van der Waals surface area contributed by atoms with Gasteiger partial charge in [-0.3, -0.25) is 4.68 Å². The van der Waals surface area contributed by atoms with Gasteiger partial charge in [0.2, 0.25) is 11.8 Å². The average molecular weight is 359 g/mol. The zero-order valence-corrected chi connectivity index (χ0v) is 14.6. The second kappa shape index (κ2) is 7.68. The molecule has 0 amide bonds. The van der Waals surface area contributed by atoms with Gasteiger partial charge >= 0.3 is 0 Å². The van der Waals surface area contributed by atoms with Crippen LogP contribution in [0.5, 0.6) is 17.5 Å². The van der Waals surface area contributed by atoms with Crippen molar-refractivity contribution < 1.29 is 18.6 Å².